The first-order valence-electron chi connectivity index (χ1n) is 4.67. The van der Waals surface area contributed by atoms with Crippen molar-refractivity contribution in [2.75, 3.05) is 14.2 Å². The van der Waals surface area contributed by atoms with Crippen molar-refractivity contribution in [3.63, 3.8) is 0 Å². The highest BCUT2D eigenvalue weighted by molar-refractivity contribution is 5.87. The number of benzene rings is 1. The fourth-order valence-corrected chi connectivity index (χ4v) is 1.19. The molecule has 0 aliphatic rings. The molecule has 0 saturated carbocycles. The normalized spacial score (nSPS) is 10.2. The maximum absolute atomic E-state index is 10.9. The standard InChI is InChI=1S/C11H11NO5/c1-16-10-5-4-9(12(14)15)7-8(10)3-6-11(13)17-2/h3-7H,1-2H3. The Morgan fingerprint density at radius 3 is 2.65 bits per heavy atom. The molecule has 0 atom stereocenters. The Labute approximate surface area is 97.6 Å². The smallest absolute Gasteiger partial charge is 0.330 e. The van der Waals surface area contributed by atoms with Gasteiger partial charge in [-0.25, -0.2) is 4.79 Å². The molecule has 0 bridgehead atoms. The Morgan fingerprint density at radius 2 is 2.12 bits per heavy atom. The number of hydrogen-bond acceptors (Lipinski definition) is 5. The van der Waals surface area contributed by atoms with Gasteiger partial charge in [0.25, 0.3) is 5.69 Å². The van der Waals surface area contributed by atoms with Crippen molar-refractivity contribution in [1.82, 2.24) is 0 Å². The van der Waals surface area contributed by atoms with Crippen molar-refractivity contribution in [2.45, 2.75) is 0 Å². The molecule has 6 heteroatoms. The molecule has 0 N–H and O–H groups in total. The molecule has 0 unspecified atom stereocenters. The van der Waals surface area contributed by atoms with E-state index in [-0.39, 0.29) is 5.69 Å². The van der Waals surface area contributed by atoms with Gasteiger partial charge in [-0.3, -0.25) is 10.1 Å². The molecule has 0 spiro atoms. The summed E-state index contributed by atoms with van der Waals surface area (Å²) in [7, 11) is 2.69. The van der Waals surface area contributed by atoms with Gasteiger partial charge in [0.2, 0.25) is 0 Å². The molecule has 0 aliphatic heterocycles. The van der Waals surface area contributed by atoms with Crippen LogP contribution in [0.25, 0.3) is 6.08 Å². The number of nitrogens with zero attached hydrogens (tertiary/aromatic N) is 1. The van der Waals surface area contributed by atoms with E-state index in [1.165, 1.54) is 44.6 Å². The number of esters is 1. The number of nitro benzene ring substituents is 1. The zero-order chi connectivity index (χ0) is 12.8. The molecule has 0 heterocycles. The molecule has 6 nitrogen and oxygen atoms in total. The predicted octanol–water partition coefficient (Wildman–Crippen LogP) is 1.79. The van der Waals surface area contributed by atoms with Crippen LogP contribution in [0, 0.1) is 10.1 Å². The summed E-state index contributed by atoms with van der Waals surface area (Å²) in [4.78, 5) is 21.0. The molecule has 0 fully saturated rings. The number of ether oxygens (including phenoxy) is 2. The molecule has 17 heavy (non-hydrogen) atoms. The van der Waals surface area contributed by atoms with Gasteiger partial charge in [0, 0.05) is 23.8 Å². The number of non-ortho nitro benzene ring substituents is 1. The van der Waals surface area contributed by atoms with Crippen LogP contribution < -0.4 is 4.74 Å². The third-order valence-electron chi connectivity index (χ3n) is 2.02. The van der Waals surface area contributed by atoms with E-state index in [9.17, 15) is 14.9 Å². The maximum atomic E-state index is 10.9. The lowest BCUT2D eigenvalue weighted by Gasteiger charge is -2.03. The molecule has 0 aliphatic carbocycles. The summed E-state index contributed by atoms with van der Waals surface area (Å²) in [6, 6.07) is 4.11. The van der Waals surface area contributed by atoms with E-state index in [4.69, 9.17) is 4.74 Å². The number of hydrogen-bond donors (Lipinski definition) is 0. The average molecular weight is 237 g/mol. The van der Waals surface area contributed by atoms with Crippen LogP contribution in [0.5, 0.6) is 5.75 Å². The number of rotatable bonds is 4. The molecule has 1 aromatic carbocycles. The quantitative estimate of drug-likeness (QED) is 0.345. The van der Waals surface area contributed by atoms with Gasteiger partial charge in [0.15, 0.2) is 0 Å². The Kier molecular flexibility index (Phi) is 4.21. The minimum Gasteiger partial charge on any atom is -0.496 e. The highest BCUT2D eigenvalue weighted by Crippen LogP contribution is 2.25. The van der Waals surface area contributed by atoms with E-state index in [0.717, 1.165) is 0 Å². The number of carbonyl (C=O) groups excluding carboxylic acids is 1. The fourth-order valence-electron chi connectivity index (χ4n) is 1.19. The van der Waals surface area contributed by atoms with Crippen LogP contribution in [0.15, 0.2) is 24.3 Å². The van der Waals surface area contributed by atoms with Crippen molar-refractivity contribution in [3.8, 4) is 5.75 Å². The minimum absolute atomic E-state index is 0.0738. The fraction of sp³-hybridized carbons (Fsp3) is 0.182. The molecule has 1 aromatic rings. The molecular weight excluding hydrogens is 226 g/mol. The monoisotopic (exact) mass is 237 g/mol. The third kappa shape index (κ3) is 3.30. The van der Waals surface area contributed by atoms with Gasteiger partial charge < -0.3 is 9.47 Å². The van der Waals surface area contributed by atoms with E-state index in [1.807, 2.05) is 0 Å². The second-order valence-electron chi connectivity index (χ2n) is 3.04. The minimum atomic E-state index is -0.543. The Bertz CT molecular complexity index is 467. The summed E-state index contributed by atoms with van der Waals surface area (Å²) in [6.07, 6.45) is 2.57. The third-order valence-corrected chi connectivity index (χ3v) is 2.02. The topological polar surface area (TPSA) is 78.7 Å². The number of carbonyl (C=O) groups is 1. The Morgan fingerprint density at radius 1 is 1.41 bits per heavy atom. The van der Waals surface area contributed by atoms with E-state index in [1.54, 1.807) is 0 Å². The van der Waals surface area contributed by atoms with Gasteiger partial charge >= 0.3 is 5.97 Å². The Hall–Kier alpha value is -2.37. The van der Waals surface area contributed by atoms with Crippen molar-refractivity contribution < 1.29 is 19.2 Å². The molecule has 0 radical (unpaired) electrons. The van der Waals surface area contributed by atoms with Gasteiger partial charge in [0.05, 0.1) is 19.1 Å². The second-order valence-corrected chi connectivity index (χ2v) is 3.04. The van der Waals surface area contributed by atoms with Crippen LogP contribution in [0.2, 0.25) is 0 Å². The number of methoxy groups -OCH3 is 2. The van der Waals surface area contributed by atoms with Gasteiger partial charge in [0.1, 0.15) is 5.75 Å². The molecule has 0 amide bonds. The van der Waals surface area contributed by atoms with Crippen molar-refractivity contribution in [2.24, 2.45) is 0 Å². The molecule has 0 saturated heterocycles. The molecule has 0 aromatic heterocycles. The van der Waals surface area contributed by atoms with Crippen LogP contribution >= 0.6 is 0 Å². The van der Waals surface area contributed by atoms with Crippen molar-refractivity contribution in [1.29, 1.82) is 0 Å². The maximum Gasteiger partial charge on any atom is 0.330 e. The first kappa shape index (κ1) is 12.7. The second kappa shape index (κ2) is 5.64. The summed E-state index contributed by atoms with van der Waals surface area (Å²) in [5, 5.41) is 10.6. The SMILES string of the molecule is COC(=O)C=Cc1cc([N+](=O)[O-])ccc1OC. The lowest BCUT2D eigenvalue weighted by molar-refractivity contribution is -0.384. The van der Waals surface area contributed by atoms with E-state index in [2.05, 4.69) is 4.74 Å². The van der Waals surface area contributed by atoms with Crippen LogP contribution in [-0.4, -0.2) is 25.1 Å². The van der Waals surface area contributed by atoms with Gasteiger partial charge in [-0.05, 0) is 12.1 Å². The number of nitro groups is 1. The highest BCUT2D eigenvalue weighted by Gasteiger charge is 2.09. The molecule has 1 rings (SSSR count). The van der Waals surface area contributed by atoms with Crippen LogP contribution in [-0.2, 0) is 9.53 Å². The molecular formula is C11H11NO5. The average Bonchev–Trinajstić information content (AvgIpc) is 2.35. The lowest BCUT2D eigenvalue weighted by atomic mass is 10.1. The largest absolute Gasteiger partial charge is 0.496 e. The summed E-state index contributed by atoms with van der Waals surface area (Å²) >= 11 is 0. The predicted molar refractivity (Wildman–Crippen MR) is 60.7 cm³/mol. The summed E-state index contributed by atoms with van der Waals surface area (Å²) in [6.45, 7) is 0. The summed E-state index contributed by atoms with van der Waals surface area (Å²) in [5.41, 5.74) is 0.363. The zero-order valence-electron chi connectivity index (χ0n) is 9.38. The van der Waals surface area contributed by atoms with E-state index >= 15 is 0 Å². The van der Waals surface area contributed by atoms with Crippen LogP contribution in [0.1, 0.15) is 5.56 Å². The van der Waals surface area contributed by atoms with Gasteiger partial charge in [-0.2, -0.15) is 0 Å². The summed E-state index contributed by atoms with van der Waals surface area (Å²) < 4.78 is 9.44. The Balaban J connectivity index is 3.10. The summed E-state index contributed by atoms with van der Waals surface area (Å²) in [5.74, 6) is -0.102. The lowest BCUT2D eigenvalue weighted by Crippen LogP contribution is -1.95. The van der Waals surface area contributed by atoms with E-state index in [0.29, 0.717) is 11.3 Å². The first-order chi connectivity index (χ1) is 8.08. The first-order valence-corrected chi connectivity index (χ1v) is 4.67. The van der Waals surface area contributed by atoms with Crippen LogP contribution in [0.3, 0.4) is 0 Å². The van der Waals surface area contributed by atoms with Gasteiger partial charge in [-0.1, -0.05) is 0 Å². The van der Waals surface area contributed by atoms with E-state index < -0.39 is 10.9 Å². The van der Waals surface area contributed by atoms with Crippen LogP contribution in [0.4, 0.5) is 5.69 Å². The molecule has 90 valence electrons. The van der Waals surface area contributed by atoms with Crippen molar-refractivity contribution in [3.05, 3.63) is 40.0 Å². The van der Waals surface area contributed by atoms with Crippen molar-refractivity contribution >= 4 is 17.7 Å². The highest BCUT2D eigenvalue weighted by atomic mass is 16.6. The van der Waals surface area contributed by atoms with Gasteiger partial charge in [-0.15, -0.1) is 0 Å². The zero-order valence-corrected chi connectivity index (χ0v) is 9.38.